The number of aromatic nitrogens is 2. The zero-order chi connectivity index (χ0) is 21.1. The van der Waals surface area contributed by atoms with Gasteiger partial charge in [-0.1, -0.05) is 0 Å². The van der Waals surface area contributed by atoms with Gasteiger partial charge in [0.1, 0.15) is 0 Å². The second-order valence-corrected chi connectivity index (χ2v) is 6.14. The number of phenolic OH excluding ortho intramolecular Hbond substituents is 1. The molecule has 3 rings (SSSR count). The molecule has 1 aromatic heterocycles. The maximum absolute atomic E-state index is 12.2. The van der Waals surface area contributed by atoms with Crippen molar-refractivity contribution in [2.45, 2.75) is 6.92 Å². The molecule has 8 heteroatoms. The van der Waals surface area contributed by atoms with Crippen LogP contribution in [-0.2, 0) is 0 Å². The Kier molecular flexibility index (Phi) is 5.63. The van der Waals surface area contributed by atoms with E-state index in [0.717, 1.165) is 0 Å². The molecule has 3 aromatic rings. The molecule has 1 heterocycles. The predicted molar refractivity (Wildman–Crippen MR) is 107 cm³/mol. The van der Waals surface area contributed by atoms with Gasteiger partial charge in [0.25, 0.3) is 0 Å². The van der Waals surface area contributed by atoms with Gasteiger partial charge in [0.05, 0.1) is 40.3 Å². The summed E-state index contributed by atoms with van der Waals surface area (Å²) in [4.78, 5) is 12.2. The van der Waals surface area contributed by atoms with E-state index in [1.165, 1.54) is 46.1 Å². The fourth-order valence-corrected chi connectivity index (χ4v) is 3.14. The molecule has 0 amide bonds. The highest BCUT2D eigenvalue weighted by molar-refractivity contribution is 5.90. The maximum Gasteiger partial charge on any atom is 0.244 e. The summed E-state index contributed by atoms with van der Waals surface area (Å²) in [6, 6.07) is 8.40. The third kappa shape index (κ3) is 3.56. The molecule has 1 N–H and O–H groups in total. The number of hydrogen-bond donors (Lipinski definition) is 1. The number of nitrogens with zero attached hydrogens (tertiary/aromatic N) is 2. The van der Waals surface area contributed by atoms with Crippen molar-refractivity contribution in [2.24, 2.45) is 0 Å². The number of methoxy groups -OCH3 is 4. The molecule has 0 aliphatic carbocycles. The summed E-state index contributed by atoms with van der Waals surface area (Å²) in [5.41, 5.74) is 2.59. The molecular weight excluding hydrogens is 376 g/mol. The van der Waals surface area contributed by atoms with E-state index >= 15 is 0 Å². The summed E-state index contributed by atoms with van der Waals surface area (Å²) >= 11 is 0. The molecule has 0 unspecified atom stereocenters. The Hall–Kier alpha value is -3.68. The van der Waals surface area contributed by atoms with Crippen molar-refractivity contribution in [1.29, 1.82) is 0 Å². The Morgan fingerprint density at radius 2 is 1.48 bits per heavy atom. The Bertz CT molecular complexity index is 1030. The molecule has 8 nitrogen and oxygen atoms in total. The van der Waals surface area contributed by atoms with Crippen LogP contribution in [0.1, 0.15) is 11.7 Å². The van der Waals surface area contributed by atoms with Crippen molar-refractivity contribution in [3.63, 3.8) is 0 Å². The zero-order valence-electron chi connectivity index (χ0n) is 16.8. The van der Waals surface area contributed by atoms with Gasteiger partial charge in [0.2, 0.25) is 11.7 Å². The van der Waals surface area contributed by atoms with Crippen molar-refractivity contribution in [2.75, 3.05) is 28.4 Å². The van der Waals surface area contributed by atoms with Gasteiger partial charge in [-0.2, -0.15) is 9.78 Å². The molecular formula is C21H22N2O6. The number of hydrogen-bond acceptors (Lipinski definition) is 7. The maximum atomic E-state index is 12.2. The molecule has 152 valence electrons. The van der Waals surface area contributed by atoms with E-state index in [1.54, 1.807) is 30.5 Å². The number of aromatic hydroxyl groups is 1. The lowest BCUT2D eigenvalue weighted by Crippen LogP contribution is -2.09. The van der Waals surface area contributed by atoms with E-state index in [-0.39, 0.29) is 17.4 Å². The Morgan fingerprint density at radius 3 is 2.00 bits per heavy atom. The summed E-state index contributed by atoms with van der Waals surface area (Å²) in [6.07, 6.45) is 1.59. The minimum Gasteiger partial charge on any atom is -0.504 e. The van der Waals surface area contributed by atoms with Gasteiger partial charge < -0.3 is 24.1 Å². The molecule has 0 aliphatic rings. The average Bonchev–Trinajstić information content (AvgIpc) is 3.18. The van der Waals surface area contributed by atoms with Crippen LogP contribution < -0.4 is 18.9 Å². The Balaban J connectivity index is 2.29. The van der Waals surface area contributed by atoms with Crippen molar-refractivity contribution in [3.05, 3.63) is 36.5 Å². The summed E-state index contributed by atoms with van der Waals surface area (Å²) < 4.78 is 22.8. The van der Waals surface area contributed by atoms with E-state index in [4.69, 9.17) is 18.9 Å². The Morgan fingerprint density at radius 1 is 0.897 bits per heavy atom. The molecule has 0 radical (unpaired) electrons. The first-order chi connectivity index (χ1) is 13.9. The fraction of sp³-hybridized carbons (Fsp3) is 0.238. The van der Waals surface area contributed by atoms with Crippen molar-refractivity contribution < 1.29 is 28.8 Å². The molecule has 29 heavy (non-hydrogen) atoms. The van der Waals surface area contributed by atoms with Crippen LogP contribution in [-0.4, -0.2) is 49.2 Å². The van der Waals surface area contributed by atoms with Gasteiger partial charge in [-0.3, -0.25) is 4.79 Å². The second kappa shape index (κ2) is 8.14. The van der Waals surface area contributed by atoms with Crippen molar-refractivity contribution >= 4 is 5.91 Å². The number of carbonyl (C=O) groups is 1. The second-order valence-electron chi connectivity index (χ2n) is 6.14. The van der Waals surface area contributed by atoms with Crippen LogP contribution in [0.2, 0.25) is 0 Å². The quantitative estimate of drug-likeness (QED) is 0.678. The minimum atomic E-state index is -0.259. The highest BCUT2D eigenvalue weighted by Gasteiger charge is 2.21. The third-order valence-corrected chi connectivity index (χ3v) is 4.50. The molecule has 0 atom stereocenters. The summed E-state index contributed by atoms with van der Waals surface area (Å²) in [6.45, 7) is 1.42. The minimum absolute atomic E-state index is 0.000485. The van der Waals surface area contributed by atoms with Crippen LogP contribution >= 0.6 is 0 Å². The molecule has 0 aliphatic heterocycles. The van der Waals surface area contributed by atoms with E-state index in [2.05, 4.69) is 5.10 Å². The van der Waals surface area contributed by atoms with E-state index in [1.807, 2.05) is 0 Å². The molecule has 0 saturated carbocycles. The number of rotatable bonds is 6. The average molecular weight is 398 g/mol. The highest BCUT2D eigenvalue weighted by atomic mass is 16.5. The largest absolute Gasteiger partial charge is 0.504 e. The van der Waals surface area contributed by atoms with Crippen LogP contribution in [0.15, 0.2) is 36.5 Å². The van der Waals surface area contributed by atoms with Crippen LogP contribution in [0, 0.1) is 0 Å². The molecule has 0 fully saturated rings. The topological polar surface area (TPSA) is 92.0 Å². The Labute approximate surface area is 168 Å². The van der Waals surface area contributed by atoms with E-state index in [9.17, 15) is 9.90 Å². The summed E-state index contributed by atoms with van der Waals surface area (Å²) in [7, 11) is 6.06. The molecule has 0 spiro atoms. The van der Waals surface area contributed by atoms with Crippen LogP contribution in [0.25, 0.3) is 22.4 Å². The summed E-state index contributed by atoms with van der Waals surface area (Å²) in [5, 5.41) is 14.2. The van der Waals surface area contributed by atoms with Gasteiger partial charge in [0.15, 0.2) is 23.0 Å². The molecule has 2 aromatic carbocycles. The number of ether oxygens (including phenoxy) is 4. The normalized spacial score (nSPS) is 10.5. The zero-order valence-corrected chi connectivity index (χ0v) is 16.8. The number of phenols is 1. The van der Waals surface area contributed by atoms with Gasteiger partial charge in [-0.25, -0.2) is 0 Å². The van der Waals surface area contributed by atoms with Gasteiger partial charge in [0, 0.05) is 18.1 Å². The predicted octanol–water partition coefficient (Wildman–Crippen LogP) is 3.62. The SMILES string of the molecule is COc1cc(-c2c(-c3cc(OC)c(OC)c(OC)c3)cnn2C(C)=O)ccc1O. The first-order valence-electron chi connectivity index (χ1n) is 8.71. The smallest absolute Gasteiger partial charge is 0.244 e. The van der Waals surface area contributed by atoms with Gasteiger partial charge >= 0.3 is 0 Å². The molecule has 0 bridgehead atoms. The van der Waals surface area contributed by atoms with Crippen molar-refractivity contribution in [1.82, 2.24) is 9.78 Å². The monoisotopic (exact) mass is 398 g/mol. The first-order valence-corrected chi connectivity index (χ1v) is 8.71. The van der Waals surface area contributed by atoms with Crippen LogP contribution in [0.3, 0.4) is 0 Å². The lowest BCUT2D eigenvalue weighted by Gasteiger charge is -2.15. The number of carbonyl (C=O) groups excluding carboxylic acids is 1. The van der Waals surface area contributed by atoms with E-state index in [0.29, 0.717) is 39.6 Å². The molecule has 0 saturated heterocycles. The standard InChI is InChI=1S/C21H22N2O6/c1-12(24)23-20(13-6-7-16(25)17(8-13)26-2)15(11-22-23)14-9-18(27-3)21(29-5)19(10-14)28-4/h6-11,25H,1-5H3. The van der Waals surface area contributed by atoms with E-state index < -0.39 is 0 Å². The van der Waals surface area contributed by atoms with Gasteiger partial charge in [-0.05, 0) is 35.9 Å². The van der Waals surface area contributed by atoms with Crippen LogP contribution in [0.5, 0.6) is 28.7 Å². The highest BCUT2D eigenvalue weighted by Crippen LogP contribution is 2.44. The first kappa shape index (κ1) is 20.1. The fourth-order valence-electron chi connectivity index (χ4n) is 3.14. The summed E-state index contributed by atoms with van der Waals surface area (Å²) in [5.74, 6) is 1.45. The lowest BCUT2D eigenvalue weighted by atomic mass is 10.00. The lowest BCUT2D eigenvalue weighted by molar-refractivity contribution is 0.0923. The third-order valence-electron chi connectivity index (χ3n) is 4.50. The number of benzene rings is 2. The van der Waals surface area contributed by atoms with Crippen LogP contribution in [0.4, 0.5) is 0 Å². The van der Waals surface area contributed by atoms with Crippen molar-refractivity contribution in [3.8, 4) is 51.1 Å². The van der Waals surface area contributed by atoms with Gasteiger partial charge in [-0.15, -0.1) is 0 Å².